The van der Waals surface area contributed by atoms with E-state index in [0.717, 1.165) is 13.1 Å². The van der Waals surface area contributed by atoms with E-state index in [2.05, 4.69) is 4.90 Å². The zero-order chi connectivity index (χ0) is 23.5. The van der Waals surface area contributed by atoms with E-state index in [9.17, 15) is 14.7 Å². The Morgan fingerprint density at radius 3 is 2.55 bits per heavy atom. The lowest BCUT2D eigenvalue weighted by molar-refractivity contribution is -0.140. The van der Waals surface area contributed by atoms with Crippen molar-refractivity contribution in [2.45, 2.75) is 6.04 Å². The highest BCUT2D eigenvalue weighted by atomic mass is 35.5. The van der Waals surface area contributed by atoms with Crippen LogP contribution in [0.3, 0.4) is 0 Å². The SMILES string of the molecule is COc1ccc(/C(O)=C2\C(=O)C(=O)N(CCN3CCOCC3)[C@H]2c2cccc(Cl)c2)cc1Cl. The predicted octanol–water partition coefficient (Wildman–Crippen LogP) is 3.76. The Kier molecular flexibility index (Phi) is 7.24. The van der Waals surface area contributed by atoms with E-state index in [4.69, 9.17) is 32.7 Å². The molecule has 1 atom stereocenters. The summed E-state index contributed by atoms with van der Waals surface area (Å²) in [5.41, 5.74) is 0.967. The second-order valence-corrected chi connectivity index (χ2v) is 8.69. The number of Topliss-reactive ketones (excluding diaryl/α,β-unsaturated/α-hetero) is 1. The van der Waals surface area contributed by atoms with Crippen LogP contribution in [0.5, 0.6) is 5.75 Å². The lowest BCUT2D eigenvalue weighted by Gasteiger charge is -2.31. The maximum absolute atomic E-state index is 13.1. The van der Waals surface area contributed by atoms with Crippen LogP contribution in [0, 0.1) is 0 Å². The van der Waals surface area contributed by atoms with Gasteiger partial charge in [-0.25, -0.2) is 0 Å². The fourth-order valence-electron chi connectivity index (χ4n) is 4.18. The number of aliphatic hydroxyl groups is 1. The van der Waals surface area contributed by atoms with Crippen LogP contribution in [0.25, 0.3) is 5.76 Å². The van der Waals surface area contributed by atoms with Gasteiger partial charge in [0.2, 0.25) is 0 Å². The standard InChI is InChI=1S/C24H24Cl2N2O5/c1-32-19-6-5-16(14-18(19)26)22(29)20-21(15-3-2-4-17(25)13-15)28(24(31)23(20)30)8-7-27-9-11-33-12-10-27/h2-6,13-14,21,29H,7-12H2,1H3/b22-20+/t21-/m0/s1. The molecule has 2 heterocycles. The maximum Gasteiger partial charge on any atom is 0.295 e. The van der Waals surface area contributed by atoms with Gasteiger partial charge < -0.3 is 19.5 Å². The molecule has 0 spiro atoms. The summed E-state index contributed by atoms with van der Waals surface area (Å²) in [5, 5.41) is 11.9. The normalized spacial score (nSPS) is 20.9. The average Bonchev–Trinajstić information content (AvgIpc) is 3.07. The van der Waals surface area contributed by atoms with Crippen molar-refractivity contribution in [3.8, 4) is 5.75 Å². The third-order valence-electron chi connectivity index (χ3n) is 5.89. The van der Waals surface area contributed by atoms with Crippen molar-refractivity contribution in [3.63, 3.8) is 0 Å². The van der Waals surface area contributed by atoms with Gasteiger partial charge in [-0.05, 0) is 35.9 Å². The van der Waals surface area contributed by atoms with Crippen molar-refractivity contribution in [1.82, 2.24) is 9.80 Å². The van der Waals surface area contributed by atoms with Crippen molar-refractivity contribution >= 4 is 40.7 Å². The molecule has 2 aliphatic rings. The van der Waals surface area contributed by atoms with Crippen molar-refractivity contribution in [2.75, 3.05) is 46.5 Å². The molecule has 1 N–H and O–H groups in total. The summed E-state index contributed by atoms with van der Waals surface area (Å²) in [4.78, 5) is 29.9. The molecular formula is C24H24Cl2N2O5. The summed E-state index contributed by atoms with van der Waals surface area (Å²) < 4.78 is 10.6. The van der Waals surface area contributed by atoms with E-state index in [0.29, 0.717) is 48.2 Å². The number of aliphatic hydroxyl groups excluding tert-OH is 1. The number of benzene rings is 2. The molecule has 2 saturated heterocycles. The van der Waals surface area contributed by atoms with Crippen molar-refractivity contribution < 1.29 is 24.2 Å². The number of carbonyl (C=O) groups is 2. The van der Waals surface area contributed by atoms with Crippen LogP contribution in [-0.2, 0) is 14.3 Å². The van der Waals surface area contributed by atoms with E-state index >= 15 is 0 Å². The lowest BCUT2D eigenvalue weighted by Crippen LogP contribution is -2.42. The number of hydrogen-bond acceptors (Lipinski definition) is 6. The molecule has 0 saturated carbocycles. The molecule has 0 aromatic heterocycles. The topological polar surface area (TPSA) is 79.3 Å². The Morgan fingerprint density at radius 1 is 1.12 bits per heavy atom. The first kappa shape index (κ1) is 23.6. The molecule has 2 aliphatic heterocycles. The van der Waals surface area contributed by atoms with Gasteiger partial charge in [-0.3, -0.25) is 14.5 Å². The molecule has 1 amide bonds. The third-order valence-corrected chi connectivity index (χ3v) is 6.42. The molecule has 9 heteroatoms. The summed E-state index contributed by atoms with van der Waals surface area (Å²) in [6.45, 7) is 3.69. The Hall–Kier alpha value is -2.58. The van der Waals surface area contributed by atoms with Gasteiger partial charge in [0.15, 0.2) is 0 Å². The van der Waals surface area contributed by atoms with Gasteiger partial charge >= 0.3 is 0 Å². The molecule has 0 aliphatic carbocycles. The zero-order valence-electron chi connectivity index (χ0n) is 18.1. The summed E-state index contributed by atoms with van der Waals surface area (Å²) in [7, 11) is 1.49. The number of rotatable bonds is 6. The number of ketones is 1. The molecule has 2 fully saturated rings. The molecule has 33 heavy (non-hydrogen) atoms. The van der Waals surface area contributed by atoms with Gasteiger partial charge in [0.25, 0.3) is 11.7 Å². The number of ether oxygens (including phenoxy) is 2. The molecule has 174 valence electrons. The number of likely N-dealkylation sites (tertiary alicyclic amines) is 1. The fourth-order valence-corrected chi connectivity index (χ4v) is 4.63. The number of halogens is 2. The minimum atomic E-state index is -0.773. The Morgan fingerprint density at radius 2 is 1.88 bits per heavy atom. The first-order valence-corrected chi connectivity index (χ1v) is 11.3. The zero-order valence-corrected chi connectivity index (χ0v) is 19.6. The van der Waals surface area contributed by atoms with Crippen LogP contribution in [0.15, 0.2) is 48.0 Å². The number of methoxy groups -OCH3 is 1. The minimum Gasteiger partial charge on any atom is -0.507 e. The largest absolute Gasteiger partial charge is 0.507 e. The van der Waals surface area contributed by atoms with Gasteiger partial charge in [-0.2, -0.15) is 0 Å². The van der Waals surface area contributed by atoms with E-state index < -0.39 is 17.7 Å². The second kappa shape index (κ2) is 10.1. The predicted molar refractivity (Wildman–Crippen MR) is 126 cm³/mol. The van der Waals surface area contributed by atoms with Crippen LogP contribution in [0.2, 0.25) is 10.0 Å². The number of nitrogens with zero attached hydrogens (tertiary/aromatic N) is 2. The molecular weight excluding hydrogens is 467 g/mol. The molecule has 2 aromatic rings. The first-order chi connectivity index (χ1) is 15.9. The minimum absolute atomic E-state index is 0.00507. The summed E-state index contributed by atoms with van der Waals surface area (Å²) >= 11 is 12.5. The Labute approximate surface area is 202 Å². The van der Waals surface area contributed by atoms with Gasteiger partial charge in [0, 0.05) is 36.8 Å². The third kappa shape index (κ3) is 4.87. The molecule has 4 rings (SSSR count). The molecule has 0 radical (unpaired) electrons. The number of carbonyl (C=O) groups excluding carboxylic acids is 2. The number of amides is 1. The Bertz CT molecular complexity index is 1100. The second-order valence-electron chi connectivity index (χ2n) is 7.85. The molecule has 0 unspecified atom stereocenters. The van der Waals surface area contributed by atoms with E-state index in [-0.39, 0.29) is 16.4 Å². The monoisotopic (exact) mass is 490 g/mol. The average molecular weight is 491 g/mol. The van der Waals surface area contributed by atoms with Crippen molar-refractivity contribution in [3.05, 3.63) is 69.2 Å². The van der Waals surface area contributed by atoms with Gasteiger partial charge in [0.05, 0.1) is 37.0 Å². The van der Waals surface area contributed by atoms with Crippen molar-refractivity contribution in [2.24, 2.45) is 0 Å². The lowest BCUT2D eigenvalue weighted by atomic mass is 9.95. The smallest absolute Gasteiger partial charge is 0.295 e. The van der Waals surface area contributed by atoms with Crippen LogP contribution in [0.1, 0.15) is 17.2 Å². The van der Waals surface area contributed by atoms with Crippen LogP contribution in [0.4, 0.5) is 0 Å². The van der Waals surface area contributed by atoms with Crippen molar-refractivity contribution in [1.29, 1.82) is 0 Å². The fraction of sp³-hybridized carbons (Fsp3) is 0.333. The number of morpholine rings is 1. The van der Waals surface area contributed by atoms with E-state index in [1.807, 2.05) is 0 Å². The summed E-state index contributed by atoms with van der Waals surface area (Å²) in [5.74, 6) is -1.26. The highest BCUT2D eigenvalue weighted by molar-refractivity contribution is 6.46. The first-order valence-electron chi connectivity index (χ1n) is 10.6. The van der Waals surface area contributed by atoms with E-state index in [1.165, 1.54) is 18.1 Å². The number of hydrogen-bond donors (Lipinski definition) is 1. The highest BCUT2D eigenvalue weighted by Gasteiger charge is 2.46. The van der Waals surface area contributed by atoms with Gasteiger partial charge in [-0.1, -0.05) is 35.3 Å². The molecule has 2 aromatic carbocycles. The Balaban J connectivity index is 1.75. The molecule has 7 nitrogen and oxygen atoms in total. The van der Waals surface area contributed by atoms with Crippen LogP contribution >= 0.6 is 23.2 Å². The van der Waals surface area contributed by atoms with Gasteiger partial charge in [-0.15, -0.1) is 0 Å². The quantitative estimate of drug-likeness (QED) is 0.377. The van der Waals surface area contributed by atoms with Crippen LogP contribution < -0.4 is 4.74 Å². The van der Waals surface area contributed by atoms with Gasteiger partial charge in [0.1, 0.15) is 11.5 Å². The summed E-state index contributed by atoms with van der Waals surface area (Å²) in [6.07, 6.45) is 0. The van der Waals surface area contributed by atoms with Crippen LogP contribution in [-0.4, -0.2) is 73.1 Å². The summed E-state index contributed by atoms with van der Waals surface area (Å²) in [6, 6.07) is 10.9. The maximum atomic E-state index is 13.1. The highest BCUT2D eigenvalue weighted by Crippen LogP contribution is 2.40. The molecule has 0 bridgehead atoms. The van der Waals surface area contributed by atoms with E-state index in [1.54, 1.807) is 36.4 Å².